The molecule has 1 aliphatic rings. The third kappa shape index (κ3) is 4.00. The van der Waals surface area contributed by atoms with Crippen LogP contribution in [0.4, 0.5) is 4.79 Å². The van der Waals surface area contributed by atoms with Crippen LogP contribution in [0, 0.1) is 11.8 Å². The van der Waals surface area contributed by atoms with Crippen molar-refractivity contribution >= 4 is 12.0 Å². The number of amides is 2. The van der Waals surface area contributed by atoms with Gasteiger partial charge in [0.1, 0.15) is 5.76 Å². The summed E-state index contributed by atoms with van der Waals surface area (Å²) in [5.74, 6) is 0.268. The minimum absolute atomic E-state index is 0.123. The van der Waals surface area contributed by atoms with Crippen molar-refractivity contribution in [2.24, 2.45) is 11.8 Å². The Labute approximate surface area is 123 Å². The summed E-state index contributed by atoms with van der Waals surface area (Å²) >= 11 is 0. The van der Waals surface area contributed by atoms with Crippen LogP contribution in [0.5, 0.6) is 0 Å². The normalized spacial score (nSPS) is 25.3. The molecule has 1 aromatic heterocycles. The van der Waals surface area contributed by atoms with Crippen LogP contribution in [0.3, 0.4) is 0 Å². The monoisotopic (exact) mass is 294 g/mol. The van der Waals surface area contributed by atoms with E-state index in [0.29, 0.717) is 17.6 Å². The zero-order valence-electron chi connectivity index (χ0n) is 12.4. The first kappa shape index (κ1) is 15.4. The number of carbonyl (C=O) groups is 2. The molecular weight excluding hydrogens is 272 g/mol. The topological polar surface area (TPSA) is 91.6 Å². The van der Waals surface area contributed by atoms with Gasteiger partial charge in [0.2, 0.25) is 5.76 Å². The third-order valence-electron chi connectivity index (χ3n) is 4.32. The molecule has 0 bridgehead atoms. The molecule has 3 atom stereocenters. The largest absolute Gasteiger partial charge is 0.475 e. The molecule has 2 amide bonds. The fraction of sp³-hybridized carbons (Fsp3) is 0.600. The lowest BCUT2D eigenvalue weighted by atomic mass is 9.78. The Bertz CT molecular complexity index is 512. The SMILES string of the molecule is CC1CCCC(NC(=O)NCc2ccc(C(=O)O)o2)C1C. The number of aromatic carboxylic acids is 1. The highest BCUT2D eigenvalue weighted by Gasteiger charge is 2.28. The average molecular weight is 294 g/mol. The molecule has 6 heteroatoms. The summed E-state index contributed by atoms with van der Waals surface area (Å²) in [4.78, 5) is 22.6. The molecule has 116 valence electrons. The van der Waals surface area contributed by atoms with E-state index < -0.39 is 5.97 Å². The number of carboxylic acids is 1. The fourth-order valence-corrected chi connectivity index (χ4v) is 2.76. The van der Waals surface area contributed by atoms with E-state index in [0.717, 1.165) is 12.8 Å². The minimum atomic E-state index is -1.12. The molecule has 0 aromatic carbocycles. The highest BCUT2D eigenvalue weighted by molar-refractivity contribution is 5.84. The van der Waals surface area contributed by atoms with E-state index in [1.54, 1.807) is 6.07 Å². The number of hydrogen-bond donors (Lipinski definition) is 3. The molecule has 2 rings (SSSR count). The lowest BCUT2D eigenvalue weighted by Gasteiger charge is -2.34. The van der Waals surface area contributed by atoms with Gasteiger partial charge in [-0.1, -0.05) is 26.7 Å². The molecule has 3 unspecified atom stereocenters. The number of nitrogens with one attached hydrogen (secondary N) is 2. The number of carboxylic acid groups (broad SMARTS) is 1. The smallest absolute Gasteiger partial charge is 0.371 e. The molecule has 6 nitrogen and oxygen atoms in total. The van der Waals surface area contributed by atoms with Gasteiger partial charge in [-0.25, -0.2) is 9.59 Å². The highest BCUT2D eigenvalue weighted by atomic mass is 16.4. The number of rotatable bonds is 4. The van der Waals surface area contributed by atoms with Crippen LogP contribution in [-0.2, 0) is 6.54 Å². The van der Waals surface area contributed by atoms with E-state index in [-0.39, 0.29) is 24.4 Å². The number of furan rings is 1. The van der Waals surface area contributed by atoms with Gasteiger partial charge in [-0.15, -0.1) is 0 Å². The van der Waals surface area contributed by atoms with Crippen molar-refractivity contribution in [2.75, 3.05) is 0 Å². The fourth-order valence-electron chi connectivity index (χ4n) is 2.76. The third-order valence-corrected chi connectivity index (χ3v) is 4.32. The molecule has 1 fully saturated rings. The van der Waals surface area contributed by atoms with Crippen LogP contribution in [0.1, 0.15) is 49.4 Å². The average Bonchev–Trinajstić information content (AvgIpc) is 2.91. The van der Waals surface area contributed by atoms with Crippen LogP contribution in [0.25, 0.3) is 0 Å². The zero-order valence-corrected chi connectivity index (χ0v) is 12.4. The first-order valence-corrected chi connectivity index (χ1v) is 7.33. The Hall–Kier alpha value is -1.98. The van der Waals surface area contributed by atoms with E-state index in [1.165, 1.54) is 12.5 Å². The second-order valence-electron chi connectivity index (χ2n) is 5.77. The Balaban J connectivity index is 1.80. The highest BCUT2D eigenvalue weighted by Crippen LogP contribution is 2.29. The van der Waals surface area contributed by atoms with Crippen molar-refractivity contribution in [2.45, 2.75) is 45.7 Å². The van der Waals surface area contributed by atoms with E-state index in [2.05, 4.69) is 24.5 Å². The predicted molar refractivity (Wildman–Crippen MR) is 77.0 cm³/mol. The lowest BCUT2D eigenvalue weighted by molar-refractivity contribution is 0.0660. The molecule has 1 aromatic rings. The van der Waals surface area contributed by atoms with Crippen molar-refractivity contribution in [1.29, 1.82) is 0 Å². The summed E-state index contributed by atoms with van der Waals surface area (Å²) in [5.41, 5.74) is 0. The summed E-state index contributed by atoms with van der Waals surface area (Å²) in [6.07, 6.45) is 3.35. The molecule has 1 saturated carbocycles. The maximum Gasteiger partial charge on any atom is 0.371 e. The Morgan fingerprint density at radius 2 is 2.10 bits per heavy atom. The molecule has 0 saturated heterocycles. The van der Waals surface area contributed by atoms with Gasteiger partial charge >= 0.3 is 12.0 Å². The van der Waals surface area contributed by atoms with Crippen LogP contribution in [0.2, 0.25) is 0 Å². The van der Waals surface area contributed by atoms with Gasteiger partial charge in [-0.2, -0.15) is 0 Å². The van der Waals surface area contributed by atoms with Gasteiger partial charge in [0.05, 0.1) is 6.54 Å². The van der Waals surface area contributed by atoms with Crippen molar-refractivity contribution in [3.05, 3.63) is 23.7 Å². The van der Waals surface area contributed by atoms with Crippen LogP contribution < -0.4 is 10.6 Å². The molecule has 3 N–H and O–H groups in total. The first-order valence-electron chi connectivity index (χ1n) is 7.33. The molecule has 21 heavy (non-hydrogen) atoms. The second-order valence-corrected chi connectivity index (χ2v) is 5.77. The van der Waals surface area contributed by atoms with Crippen molar-refractivity contribution < 1.29 is 19.1 Å². The first-order chi connectivity index (χ1) is 9.97. The molecule has 0 spiro atoms. The van der Waals surface area contributed by atoms with E-state index in [4.69, 9.17) is 9.52 Å². The van der Waals surface area contributed by atoms with Crippen LogP contribution in [-0.4, -0.2) is 23.1 Å². The Kier molecular flexibility index (Phi) is 4.88. The van der Waals surface area contributed by atoms with E-state index in [1.807, 2.05) is 0 Å². The second kappa shape index (κ2) is 6.65. The standard InChI is InChI=1S/C15H22N2O4/c1-9-4-3-5-12(10(9)2)17-15(20)16-8-11-6-7-13(21-11)14(18)19/h6-7,9-10,12H,3-5,8H2,1-2H3,(H,18,19)(H2,16,17,20). The van der Waals surface area contributed by atoms with Gasteiger partial charge in [0.15, 0.2) is 0 Å². The van der Waals surface area contributed by atoms with E-state index >= 15 is 0 Å². The lowest BCUT2D eigenvalue weighted by Crippen LogP contribution is -2.47. The Morgan fingerprint density at radius 3 is 2.76 bits per heavy atom. The van der Waals surface area contributed by atoms with Gasteiger partial charge in [0.25, 0.3) is 0 Å². The Morgan fingerprint density at radius 1 is 1.33 bits per heavy atom. The quantitative estimate of drug-likeness (QED) is 0.796. The summed E-state index contributed by atoms with van der Waals surface area (Å²) < 4.78 is 5.08. The maximum atomic E-state index is 11.9. The van der Waals surface area contributed by atoms with Crippen LogP contribution >= 0.6 is 0 Å². The molecule has 1 aliphatic carbocycles. The summed E-state index contributed by atoms with van der Waals surface area (Å²) in [6.45, 7) is 4.56. The maximum absolute atomic E-state index is 11.9. The summed E-state index contributed by atoms with van der Waals surface area (Å²) in [7, 11) is 0. The van der Waals surface area contributed by atoms with Gasteiger partial charge in [0, 0.05) is 6.04 Å². The van der Waals surface area contributed by atoms with Crippen molar-refractivity contribution in [3.63, 3.8) is 0 Å². The van der Waals surface area contributed by atoms with Gasteiger partial charge in [-0.3, -0.25) is 0 Å². The molecule has 0 aliphatic heterocycles. The van der Waals surface area contributed by atoms with Gasteiger partial charge in [-0.05, 0) is 30.4 Å². The molecular formula is C15H22N2O4. The number of hydrogen-bond acceptors (Lipinski definition) is 3. The van der Waals surface area contributed by atoms with Crippen LogP contribution in [0.15, 0.2) is 16.5 Å². The molecule has 0 radical (unpaired) electrons. The van der Waals surface area contributed by atoms with Gasteiger partial charge < -0.3 is 20.2 Å². The zero-order chi connectivity index (χ0) is 15.4. The number of urea groups is 1. The minimum Gasteiger partial charge on any atom is -0.475 e. The summed E-state index contributed by atoms with van der Waals surface area (Å²) in [5, 5.41) is 14.4. The van der Waals surface area contributed by atoms with E-state index in [9.17, 15) is 9.59 Å². The van der Waals surface area contributed by atoms with Crippen molar-refractivity contribution in [1.82, 2.24) is 10.6 Å². The number of carbonyl (C=O) groups excluding carboxylic acids is 1. The molecule has 1 heterocycles. The van der Waals surface area contributed by atoms with Crippen molar-refractivity contribution in [3.8, 4) is 0 Å². The summed E-state index contributed by atoms with van der Waals surface area (Å²) in [6, 6.07) is 2.88. The predicted octanol–water partition coefficient (Wildman–Crippen LogP) is 2.60.